The van der Waals surface area contributed by atoms with E-state index in [2.05, 4.69) is 4.98 Å². The highest BCUT2D eigenvalue weighted by Crippen LogP contribution is 2.00. The number of hydrogen-bond acceptors (Lipinski definition) is 3. The van der Waals surface area contributed by atoms with Crippen molar-refractivity contribution >= 4 is 16.2 Å². The zero-order valence-electron chi connectivity index (χ0n) is 6.08. The predicted molar refractivity (Wildman–Crippen MR) is 44.8 cm³/mol. The van der Waals surface area contributed by atoms with E-state index in [0.29, 0.717) is 5.56 Å². The van der Waals surface area contributed by atoms with Crippen molar-refractivity contribution in [2.24, 2.45) is 0 Å². The van der Waals surface area contributed by atoms with Gasteiger partial charge in [-0.05, 0) is 23.8 Å². The SMILES string of the molecule is O=S(=O)(O)C=Cc1ccncc1. The molecule has 0 aromatic carbocycles. The van der Waals surface area contributed by atoms with Crippen LogP contribution in [0.1, 0.15) is 5.56 Å². The minimum absolute atomic E-state index is 0.669. The molecule has 0 spiro atoms. The number of aromatic nitrogens is 1. The fraction of sp³-hybridized carbons (Fsp3) is 0. The Kier molecular flexibility index (Phi) is 2.57. The second-order valence-electron chi connectivity index (χ2n) is 2.10. The van der Waals surface area contributed by atoms with Crippen LogP contribution < -0.4 is 0 Å². The molecule has 0 amide bonds. The summed E-state index contributed by atoms with van der Waals surface area (Å²) in [7, 11) is -4.02. The van der Waals surface area contributed by atoms with Crippen molar-refractivity contribution in [1.29, 1.82) is 0 Å². The fourth-order valence-corrected chi connectivity index (χ4v) is 0.968. The molecular formula is C7H7NO3S. The topological polar surface area (TPSA) is 67.3 Å². The lowest BCUT2D eigenvalue weighted by Crippen LogP contribution is -1.88. The van der Waals surface area contributed by atoms with Gasteiger partial charge in [0.15, 0.2) is 0 Å². The van der Waals surface area contributed by atoms with Crippen molar-refractivity contribution in [1.82, 2.24) is 4.98 Å². The molecule has 64 valence electrons. The van der Waals surface area contributed by atoms with Crippen LogP contribution in [0.2, 0.25) is 0 Å². The minimum atomic E-state index is -4.02. The van der Waals surface area contributed by atoms with Crippen LogP contribution in [-0.2, 0) is 10.1 Å². The van der Waals surface area contributed by atoms with Crippen molar-refractivity contribution in [3.8, 4) is 0 Å². The Morgan fingerprint density at radius 1 is 1.33 bits per heavy atom. The molecule has 1 N–H and O–H groups in total. The van der Waals surface area contributed by atoms with E-state index in [1.165, 1.54) is 18.5 Å². The zero-order valence-corrected chi connectivity index (χ0v) is 6.90. The first-order valence-corrected chi connectivity index (χ1v) is 4.64. The summed E-state index contributed by atoms with van der Waals surface area (Å²) in [5.41, 5.74) is 0.669. The molecule has 1 aromatic rings. The molecule has 12 heavy (non-hydrogen) atoms. The van der Waals surface area contributed by atoms with Gasteiger partial charge in [-0.25, -0.2) is 0 Å². The standard InChI is InChI=1S/C7H7NO3S/c9-12(10,11)6-3-7-1-4-8-5-2-7/h1-6H,(H,9,10,11). The van der Waals surface area contributed by atoms with Gasteiger partial charge in [0.05, 0.1) is 5.41 Å². The lowest BCUT2D eigenvalue weighted by molar-refractivity contribution is 0.494. The number of hydrogen-bond donors (Lipinski definition) is 1. The van der Waals surface area contributed by atoms with Gasteiger partial charge in [-0.3, -0.25) is 9.54 Å². The summed E-state index contributed by atoms with van der Waals surface area (Å²) in [5, 5.41) is 0.725. The Hall–Kier alpha value is -1.20. The van der Waals surface area contributed by atoms with E-state index in [9.17, 15) is 8.42 Å². The summed E-state index contributed by atoms with van der Waals surface area (Å²) in [4.78, 5) is 3.74. The molecule has 1 aromatic heterocycles. The smallest absolute Gasteiger partial charge is 0.282 e. The molecule has 0 fully saturated rings. The normalized spacial score (nSPS) is 12.1. The first-order chi connectivity index (χ1) is 5.58. The zero-order chi connectivity index (χ0) is 9.03. The van der Waals surface area contributed by atoms with Gasteiger partial charge < -0.3 is 0 Å². The third-order valence-corrected chi connectivity index (χ3v) is 1.62. The third-order valence-electron chi connectivity index (χ3n) is 1.14. The highest BCUT2D eigenvalue weighted by atomic mass is 32.2. The van der Waals surface area contributed by atoms with Crippen LogP contribution in [0.15, 0.2) is 29.9 Å². The van der Waals surface area contributed by atoms with Crippen molar-refractivity contribution in [2.75, 3.05) is 0 Å². The van der Waals surface area contributed by atoms with E-state index in [0.717, 1.165) is 5.41 Å². The predicted octanol–water partition coefficient (Wildman–Crippen LogP) is 0.940. The summed E-state index contributed by atoms with van der Waals surface area (Å²) in [6, 6.07) is 3.25. The first kappa shape index (κ1) is 8.89. The van der Waals surface area contributed by atoms with E-state index in [4.69, 9.17) is 4.55 Å². The van der Waals surface area contributed by atoms with E-state index in [1.54, 1.807) is 12.1 Å². The molecule has 0 saturated heterocycles. The Morgan fingerprint density at radius 2 is 1.92 bits per heavy atom. The van der Waals surface area contributed by atoms with E-state index >= 15 is 0 Å². The van der Waals surface area contributed by atoms with Crippen LogP contribution in [0, 0.1) is 0 Å². The Bertz CT molecular complexity index is 369. The van der Waals surface area contributed by atoms with Gasteiger partial charge in [0, 0.05) is 12.4 Å². The number of rotatable bonds is 2. The van der Waals surface area contributed by atoms with Crippen LogP contribution in [0.3, 0.4) is 0 Å². The van der Waals surface area contributed by atoms with Gasteiger partial charge in [-0.1, -0.05) is 0 Å². The highest BCUT2D eigenvalue weighted by Gasteiger charge is 1.94. The van der Waals surface area contributed by atoms with E-state index in [-0.39, 0.29) is 0 Å². The third kappa shape index (κ3) is 3.27. The first-order valence-electron chi connectivity index (χ1n) is 3.13. The van der Waals surface area contributed by atoms with Crippen LogP contribution in [0.4, 0.5) is 0 Å². The van der Waals surface area contributed by atoms with Crippen molar-refractivity contribution in [3.05, 3.63) is 35.5 Å². The molecule has 0 saturated carbocycles. The largest absolute Gasteiger partial charge is 0.287 e. The number of pyridine rings is 1. The van der Waals surface area contributed by atoms with Gasteiger partial charge in [-0.15, -0.1) is 0 Å². The van der Waals surface area contributed by atoms with Crippen LogP contribution >= 0.6 is 0 Å². The monoisotopic (exact) mass is 185 g/mol. The van der Waals surface area contributed by atoms with E-state index < -0.39 is 10.1 Å². The van der Waals surface area contributed by atoms with Gasteiger partial charge in [0.1, 0.15) is 0 Å². The molecule has 0 aliphatic heterocycles. The molecule has 5 heteroatoms. The molecular weight excluding hydrogens is 178 g/mol. The highest BCUT2D eigenvalue weighted by molar-refractivity contribution is 7.88. The maximum atomic E-state index is 10.3. The molecule has 0 unspecified atom stereocenters. The van der Waals surface area contributed by atoms with E-state index in [1.807, 2.05) is 0 Å². The molecule has 0 bridgehead atoms. The Balaban J connectivity index is 2.85. The second kappa shape index (κ2) is 3.46. The average molecular weight is 185 g/mol. The Morgan fingerprint density at radius 3 is 2.42 bits per heavy atom. The Labute approximate surface area is 70.3 Å². The molecule has 4 nitrogen and oxygen atoms in total. The van der Waals surface area contributed by atoms with Gasteiger partial charge in [0.25, 0.3) is 10.1 Å². The maximum Gasteiger partial charge on any atom is 0.287 e. The number of nitrogens with zero attached hydrogens (tertiary/aromatic N) is 1. The van der Waals surface area contributed by atoms with Gasteiger partial charge in [0.2, 0.25) is 0 Å². The van der Waals surface area contributed by atoms with Crippen molar-refractivity contribution in [3.63, 3.8) is 0 Å². The molecule has 0 aliphatic carbocycles. The summed E-state index contributed by atoms with van der Waals surface area (Å²) >= 11 is 0. The molecule has 0 radical (unpaired) electrons. The average Bonchev–Trinajstić information content (AvgIpc) is 2.02. The molecule has 0 atom stereocenters. The van der Waals surface area contributed by atoms with Gasteiger partial charge >= 0.3 is 0 Å². The summed E-state index contributed by atoms with van der Waals surface area (Å²) in [5.74, 6) is 0. The minimum Gasteiger partial charge on any atom is -0.282 e. The van der Waals surface area contributed by atoms with Crippen LogP contribution in [-0.4, -0.2) is 18.0 Å². The van der Waals surface area contributed by atoms with Crippen molar-refractivity contribution in [2.45, 2.75) is 0 Å². The summed E-state index contributed by atoms with van der Waals surface area (Å²) in [6.45, 7) is 0. The summed E-state index contributed by atoms with van der Waals surface area (Å²) in [6.07, 6.45) is 4.35. The van der Waals surface area contributed by atoms with Gasteiger partial charge in [-0.2, -0.15) is 8.42 Å². The second-order valence-corrected chi connectivity index (χ2v) is 3.40. The van der Waals surface area contributed by atoms with Crippen LogP contribution in [0.25, 0.3) is 6.08 Å². The van der Waals surface area contributed by atoms with Crippen molar-refractivity contribution < 1.29 is 13.0 Å². The lowest BCUT2D eigenvalue weighted by atomic mass is 10.3. The quantitative estimate of drug-likeness (QED) is 0.696. The summed E-state index contributed by atoms with van der Waals surface area (Å²) < 4.78 is 28.9. The lowest BCUT2D eigenvalue weighted by Gasteiger charge is -1.88. The fourth-order valence-electron chi connectivity index (χ4n) is 0.639. The molecule has 1 heterocycles. The molecule has 1 rings (SSSR count). The maximum absolute atomic E-state index is 10.3. The molecule has 0 aliphatic rings. The van der Waals surface area contributed by atoms with Crippen LogP contribution in [0.5, 0.6) is 0 Å².